The lowest BCUT2D eigenvalue weighted by Gasteiger charge is -2.38. The number of amides is 2. The van der Waals surface area contributed by atoms with E-state index in [-0.39, 0.29) is 44.7 Å². The number of methoxy groups -OCH3 is 1. The molecule has 0 radical (unpaired) electrons. The summed E-state index contributed by atoms with van der Waals surface area (Å²) < 4.78 is 29.1. The Morgan fingerprint density at radius 3 is 2.26 bits per heavy atom. The Kier molecular flexibility index (Phi) is 12.7. The number of aliphatic hydroxyl groups excluding tert-OH is 2. The number of carbonyl (C=O) groups is 4. The second-order valence-electron chi connectivity index (χ2n) is 14.2. The quantitative estimate of drug-likeness (QED) is 0.188. The van der Waals surface area contributed by atoms with Crippen molar-refractivity contribution in [2.24, 2.45) is 29.4 Å². The molecule has 0 unspecified atom stereocenters. The van der Waals surface area contributed by atoms with Crippen LogP contribution in [-0.2, 0) is 28.6 Å². The summed E-state index contributed by atoms with van der Waals surface area (Å²) in [5.41, 5.74) is 5.23. The van der Waals surface area contributed by atoms with E-state index in [2.05, 4.69) is 5.32 Å². The highest BCUT2D eigenvalue weighted by Gasteiger charge is 2.49. The number of anilines is 1. The second-order valence-corrected chi connectivity index (χ2v) is 14.2. The van der Waals surface area contributed by atoms with Crippen LogP contribution in [0.5, 0.6) is 23.0 Å². The molecule has 2 aromatic rings. The number of ether oxygens (including phenoxy) is 5. The molecule has 9 atom stereocenters. The SMILES string of the molecule is CO[C@H]1/C=C/O[C@@]2(C)Oc3c(C)c(O)c4c(O)c(cc(OCC(N)=O)c4c3C2=O)NC(=O)/C(C)=C\C=C\[C@@H](C)[C@@H](O)[C@@H](C)[C@H](O)[C@@H](C)[C@H](OC(C)=O)[C@@H]1C. The summed E-state index contributed by atoms with van der Waals surface area (Å²) in [5.74, 6) is -8.75. The summed E-state index contributed by atoms with van der Waals surface area (Å²) in [6.45, 7) is 11.8. The maximum absolute atomic E-state index is 14.2. The lowest BCUT2D eigenvalue weighted by atomic mass is 9.78. The fourth-order valence-corrected chi connectivity index (χ4v) is 6.90. The first-order valence-corrected chi connectivity index (χ1v) is 17.5. The number of phenols is 2. The van der Waals surface area contributed by atoms with E-state index in [0.29, 0.717) is 0 Å². The number of aromatic hydroxyl groups is 2. The van der Waals surface area contributed by atoms with Gasteiger partial charge in [-0.2, -0.15) is 0 Å². The van der Waals surface area contributed by atoms with E-state index < -0.39 is 95.5 Å². The molecule has 15 nitrogen and oxygen atoms in total. The molecule has 0 saturated heterocycles. The molecule has 2 amide bonds. The molecule has 3 aliphatic rings. The monoisotopic (exact) mass is 754 g/mol. The Bertz CT molecular complexity index is 1900. The van der Waals surface area contributed by atoms with Crippen LogP contribution < -0.4 is 20.5 Å². The number of fused-ring (bicyclic) bond motifs is 14. The van der Waals surface area contributed by atoms with Gasteiger partial charge in [0, 0.05) is 67.2 Å². The summed E-state index contributed by atoms with van der Waals surface area (Å²) in [7, 11) is 1.42. The minimum atomic E-state index is -2.03. The van der Waals surface area contributed by atoms with Crippen LogP contribution >= 0.6 is 0 Å². The number of esters is 1. The van der Waals surface area contributed by atoms with E-state index in [1.54, 1.807) is 39.8 Å². The maximum Gasteiger partial charge on any atom is 0.312 e. The van der Waals surface area contributed by atoms with Crippen LogP contribution in [0.3, 0.4) is 0 Å². The van der Waals surface area contributed by atoms with Crippen molar-refractivity contribution in [3.63, 3.8) is 0 Å². The first-order chi connectivity index (χ1) is 25.2. The van der Waals surface area contributed by atoms with Crippen molar-refractivity contribution < 1.29 is 63.3 Å². The minimum absolute atomic E-state index is 0.0548. The van der Waals surface area contributed by atoms with Crippen LogP contribution in [0.25, 0.3) is 10.8 Å². The minimum Gasteiger partial charge on any atom is -0.507 e. The Morgan fingerprint density at radius 2 is 1.65 bits per heavy atom. The zero-order valence-corrected chi connectivity index (χ0v) is 31.8. The van der Waals surface area contributed by atoms with Gasteiger partial charge in [-0.15, -0.1) is 0 Å². The van der Waals surface area contributed by atoms with Gasteiger partial charge in [0.15, 0.2) is 12.4 Å². The van der Waals surface area contributed by atoms with Gasteiger partial charge in [0.25, 0.3) is 17.6 Å². The molecule has 3 heterocycles. The van der Waals surface area contributed by atoms with Gasteiger partial charge < -0.3 is 55.2 Å². The molecular weight excluding hydrogens is 704 g/mol. The van der Waals surface area contributed by atoms with E-state index in [1.165, 1.54) is 59.3 Å². The van der Waals surface area contributed by atoms with Gasteiger partial charge in [-0.05, 0) is 19.9 Å². The standard InChI is InChI=1S/C39H50N2O13/c1-17-11-10-12-18(2)38(49)41-24-15-26(51-16-27(40)43)28-29(34(24)47)33(46)22(6)36-30(28)37(48)39(8,54-36)52-14-13-25(50-9)19(3)35(53-23(7)42)21(5)32(45)20(4)31(17)44/h10-15,17,19-21,25,31-32,35,44-47H,16H2,1-9H3,(H2,40,43)(H,41,49)/b11-10+,14-13+,18-12-/t17-,19-,20-,21-,25+,31-,32+,35-,39+/m1/s1. The lowest BCUT2D eigenvalue weighted by Crippen LogP contribution is -2.46. The highest BCUT2D eigenvalue weighted by atomic mass is 16.7. The van der Waals surface area contributed by atoms with Gasteiger partial charge in [-0.1, -0.05) is 45.9 Å². The van der Waals surface area contributed by atoms with E-state index >= 15 is 0 Å². The summed E-state index contributed by atoms with van der Waals surface area (Å²) in [5, 5.41) is 47.7. The van der Waals surface area contributed by atoms with Gasteiger partial charge >= 0.3 is 11.8 Å². The van der Waals surface area contributed by atoms with E-state index in [9.17, 15) is 39.6 Å². The molecule has 0 fully saturated rings. The van der Waals surface area contributed by atoms with E-state index in [0.717, 1.165) is 0 Å². The number of hydrogen-bond donors (Lipinski definition) is 6. The third-order valence-electron chi connectivity index (χ3n) is 10.2. The van der Waals surface area contributed by atoms with Gasteiger partial charge in [0.1, 0.15) is 23.4 Å². The molecule has 0 spiro atoms. The predicted octanol–water partition coefficient (Wildman–Crippen LogP) is 3.91. The molecule has 2 aromatic carbocycles. The number of nitrogens with one attached hydrogen (secondary N) is 1. The fraction of sp³-hybridized carbons (Fsp3) is 0.487. The zero-order chi connectivity index (χ0) is 40.4. The molecule has 0 aromatic heterocycles. The largest absolute Gasteiger partial charge is 0.507 e. The average Bonchev–Trinajstić information content (AvgIpc) is 3.38. The van der Waals surface area contributed by atoms with Crippen molar-refractivity contribution in [3.05, 3.63) is 53.3 Å². The van der Waals surface area contributed by atoms with Crippen LogP contribution in [0, 0.1) is 30.6 Å². The van der Waals surface area contributed by atoms with Crippen LogP contribution in [0.4, 0.5) is 5.69 Å². The number of hydrogen-bond acceptors (Lipinski definition) is 13. The average molecular weight is 755 g/mol. The number of benzene rings is 2. The molecule has 5 rings (SSSR count). The van der Waals surface area contributed by atoms with E-state index in [1.807, 2.05) is 0 Å². The van der Waals surface area contributed by atoms with Crippen LogP contribution in [0.1, 0.15) is 64.4 Å². The number of allylic oxidation sites excluding steroid dienone is 2. The molecule has 7 N–H and O–H groups in total. The molecule has 15 heteroatoms. The highest BCUT2D eigenvalue weighted by Crippen LogP contribution is 2.54. The number of primary amides is 1. The van der Waals surface area contributed by atoms with Crippen molar-refractivity contribution in [1.29, 1.82) is 0 Å². The van der Waals surface area contributed by atoms with Crippen molar-refractivity contribution in [1.82, 2.24) is 0 Å². The number of aliphatic hydroxyl groups is 2. The predicted molar refractivity (Wildman–Crippen MR) is 197 cm³/mol. The molecule has 54 heavy (non-hydrogen) atoms. The van der Waals surface area contributed by atoms with Crippen LogP contribution in [0.15, 0.2) is 42.2 Å². The van der Waals surface area contributed by atoms with E-state index in [4.69, 9.17) is 29.4 Å². The Labute approximate surface area is 313 Å². The van der Waals surface area contributed by atoms with Gasteiger partial charge in [0.2, 0.25) is 0 Å². The van der Waals surface area contributed by atoms with Gasteiger partial charge in [-0.25, -0.2) is 0 Å². The summed E-state index contributed by atoms with van der Waals surface area (Å²) >= 11 is 0. The molecule has 0 aliphatic carbocycles. The molecule has 3 aliphatic heterocycles. The Balaban J connectivity index is 1.93. The first kappa shape index (κ1) is 41.6. The van der Waals surface area contributed by atoms with Crippen molar-refractivity contribution in [3.8, 4) is 23.0 Å². The molecule has 5 bridgehead atoms. The van der Waals surface area contributed by atoms with Crippen molar-refractivity contribution >= 4 is 40.0 Å². The number of carbonyl (C=O) groups excluding carboxylic acids is 4. The fourth-order valence-electron chi connectivity index (χ4n) is 6.90. The number of Topliss-reactive ketones (excluding diaryl/α,β-unsaturated/α-hetero) is 1. The van der Waals surface area contributed by atoms with Crippen LogP contribution in [0.2, 0.25) is 0 Å². The first-order valence-electron chi connectivity index (χ1n) is 17.5. The van der Waals surface area contributed by atoms with Crippen LogP contribution in [-0.4, -0.2) is 87.9 Å². The number of nitrogens with two attached hydrogens (primary N) is 1. The summed E-state index contributed by atoms with van der Waals surface area (Å²) in [6.07, 6.45) is 3.48. The van der Waals surface area contributed by atoms with Gasteiger partial charge in [-0.3, -0.25) is 19.2 Å². The molecule has 0 saturated carbocycles. The van der Waals surface area contributed by atoms with Crippen molar-refractivity contribution in [2.75, 3.05) is 19.0 Å². The highest BCUT2D eigenvalue weighted by molar-refractivity contribution is 6.21. The zero-order valence-electron chi connectivity index (χ0n) is 31.8. The number of ketones is 1. The second kappa shape index (κ2) is 16.5. The maximum atomic E-state index is 14.2. The number of rotatable bonds is 5. The normalized spacial score (nSPS) is 31.5. The number of phenolic OH excluding ortho intramolecular Hbond substituents is 2. The summed E-state index contributed by atoms with van der Waals surface area (Å²) in [6, 6.07) is 1.19. The van der Waals surface area contributed by atoms with Crippen molar-refractivity contribution in [2.45, 2.75) is 85.6 Å². The molecular formula is C39H50N2O13. The van der Waals surface area contributed by atoms with Gasteiger partial charge in [0.05, 0.1) is 41.2 Å². The molecule has 294 valence electrons. The topological polar surface area (TPSA) is 233 Å². The smallest absolute Gasteiger partial charge is 0.312 e. The third-order valence-corrected chi connectivity index (χ3v) is 10.2. The Hall–Kier alpha value is -5.12. The lowest BCUT2D eigenvalue weighted by molar-refractivity contribution is -0.160. The Morgan fingerprint density at radius 1 is 0.981 bits per heavy atom. The summed E-state index contributed by atoms with van der Waals surface area (Å²) in [4.78, 5) is 51.6. The third kappa shape index (κ3) is 8.17.